The molecule has 10 nitrogen and oxygen atoms in total. The van der Waals surface area contributed by atoms with E-state index < -0.39 is 12.2 Å². The second-order valence-corrected chi connectivity index (χ2v) is 8.29. The van der Waals surface area contributed by atoms with E-state index >= 15 is 0 Å². The number of nitrogens with zero attached hydrogens (tertiary/aromatic N) is 2. The van der Waals surface area contributed by atoms with Gasteiger partial charge in [-0.25, -0.2) is 9.59 Å². The highest BCUT2D eigenvalue weighted by atomic mass is 16.6. The van der Waals surface area contributed by atoms with Crippen molar-refractivity contribution in [1.29, 1.82) is 0 Å². The fraction of sp³-hybridized carbons (Fsp3) is 0.360. The van der Waals surface area contributed by atoms with Gasteiger partial charge in [-0.2, -0.15) is 0 Å². The number of hydrogen-bond donors (Lipinski definition) is 2. The van der Waals surface area contributed by atoms with Gasteiger partial charge in [-0.3, -0.25) is 19.4 Å². The second kappa shape index (κ2) is 10.9. The molecular weight excluding hydrogens is 452 g/mol. The topological polar surface area (TPSA) is 117 Å². The second-order valence-electron chi connectivity index (χ2n) is 8.29. The van der Waals surface area contributed by atoms with Crippen molar-refractivity contribution in [2.75, 3.05) is 42.6 Å². The SMILES string of the molecule is CCCC(CNC(=O)c1ccc(N2CCOC2=O)cc1)NC(=O)c1ccc(N2CCOC2=O)cc1. The largest absolute Gasteiger partial charge is 0.447 e. The number of anilines is 2. The summed E-state index contributed by atoms with van der Waals surface area (Å²) in [5.41, 5.74) is 2.27. The van der Waals surface area contributed by atoms with E-state index in [9.17, 15) is 19.2 Å². The third kappa shape index (κ3) is 5.71. The van der Waals surface area contributed by atoms with E-state index in [0.29, 0.717) is 55.2 Å². The molecule has 35 heavy (non-hydrogen) atoms. The number of rotatable bonds is 9. The number of carbonyl (C=O) groups excluding carboxylic acids is 4. The third-order valence-corrected chi connectivity index (χ3v) is 5.89. The summed E-state index contributed by atoms with van der Waals surface area (Å²) in [5.74, 6) is -0.521. The summed E-state index contributed by atoms with van der Waals surface area (Å²) in [5, 5.41) is 5.85. The van der Waals surface area contributed by atoms with Crippen LogP contribution in [0.25, 0.3) is 0 Å². The van der Waals surface area contributed by atoms with Gasteiger partial charge in [-0.1, -0.05) is 13.3 Å². The van der Waals surface area contributed by atoms with Crippen molar-refractivity contribution in [3.05, 3.63) is 59.7 Å². The standard InChI is InChI=1S/C25H28N4O6/c1-2-3-19(27-23(31)18-6-10-21(11-7-18)29-13-15-35-25(29)33)16-26-22(30)17-4-8-20(9-5-17)28-12-14-34-24(28)32/h4-11,19H,2-3,12-16H2,1H3,(H,26,30)(H,27,31). The van der Waals surface area contributed by atoms with E-state index in [0.717, 1.165) is 6.42 Å². The average Bonchev–Trinajstić information content (AvgIpc) is 3.50. The average molecular weight is 481 g/mol. The molecule has 0 aliphatic carbocycles. The Morgan fingerprint density at radius 3 is 1.74 bits per heavy atom. The van der Waals surface area contributed by atoms with Crippen molar-refractivity contribution in [3.63, 3.8) is 0 Å². The van der Waals surface area contributed by atoms with Crippen molar-refractivity contribution < 1.29 is 28.7 Å². The molecule has 2 heterocycles. The number of amides is 4. The van der Waals surface area contributed by atoms with Crippen molar-refractivity contribution in [3.8, 4) is 0 Å². The maximum absolute atomic E-state index is 12.8. The minimum Gasteiger partial charge on any atom is -0.447 e. The van der Waals surface area contributed by atoms with Gasteiger partial charge in [0.15, 0.2) is 0 Å². The predicted octanol–water partition coefficient (Wildman–Crippen LogP) is 2.93. The van der Waals surface area contributed by atoms with Crippen LogP contribution in [0.15, 0.2) is 48.5 Å². The van der Waals surface area contributed by atoms with Crippen LogP contribution in [0.5, 0.6) is 0 Å². The van der Waals surface area contributed by atoms with Crippen LogP contribution in [-0.4, -0.2) is 62.9 Å². The van der Waals surface area contributed by atoms with Crippen molar-refractivity contribution in [1.82, 2.24) is 10.6 Å². The molecule has 1 unspecified atom stereocenters. The summed E-state index contributed by atoms with van der Waals surface area (Å²) >= 11 is 0. The van der Waals surface area contributed by atoms with Gasteiger partial charge in [0, 0.05) is 35.1 Å². The van der Waals surface area contributed by atoms with E-state index in [-0.39, 0.29) is 24.4 Å². The molecule has 4 rings (SSSR count). The minimum absolute atomic E-state index is 0.247. The molecular formula is C25H28N4O6. The molecule has 0 spiro atoms. The molecule has 2 aliphatic rings. The van der Waals surface area contributed by atoms with Gasteiger partial charge >= 0.3 is 12.2 Å². The van der Waals surface area contributed by atoms with Crippen LogP contribution in [0.3, 0.4) is 0 Å². The van der Waals surface area contributed by atoms with Crippen molar-refractivity contribution in [2.24, 2.45) is 0 Å². The van der Waals surface area contributed by atoms with Crippen LogP contribution >= 0.6 is 0 Å². The molecule has 4 amide bonds. The summed E-state index contributed by atoms with van der Waals surface area (Å²) in [6, 6.07) is 13.2. The van der Waals surface area contributed by atoms with Crippen LogP contribution in [0, 0.1) is 0 Å². The van der Waals surface area contributed by atoms with Crippen LogP contribution in [-0.2, 0) is 9.47 Å². The van der Waals surface area contributed by atoms with Crippen LogP contribution in [0.2, 0.25) is 0 Å². The molecule has 184 valence electrons. The zero-order valence-corrected chi connectivity index (χ0v) is 19.5. The number of cyclic esters (lactones) is 2. The first-order valence-electron chi connectivity index (χ1n) is 11.6. The van der Waals surface area contributed by atoms with Crippen LogP contribution in [0.4, 0.5) is 21.0 Å². The lowest BCUT2D eigenvalue weighted by Crippen LogP contribution is -2.43. The minimum atomic E-state index is -0.395. The fourth-order valence-corrected chi connectivity index (χ4v) is 4.00. The van der Waals surface area contributed by atoms with Gasteiger partial charge < -0.3 is 20.1 Å². The first kappa shape index (κ1) is 24.1. The number of hydrogen-bond acceptors (Lipinski definition) is 6. The summed E-state index contributed by atoms with van der Waals surface area (Å²) in [4.78, 5) is 51.8. The Hall–Kier alpha value is -4.08. The number of benzene rings is 2. The van der Waals surface area contributed by atoms with E-state index in [1.54, 1.807) is 48.5 Å². The lowest BCUT2D eigenvalue weighted by atomic mass is 10.1. The maximum Gasteiger partial charge on any atom is 0.414 e. The number of ether oxygens (including phenoxy) is 2. The summed E-state index contributed by atoms with van der Waals surface area (Å²) in [6.45, 7) is 3.95. The molecule has 10 heteroatoms. The number of carbonyl (C=O) groups is 4. The molecule has 0 bridgehead atoms. The summed E-state index contributed by atoms with van der Waals surface area (Å²) < 4.78 is 9.88. The van der Waals surface area contributed by atoms with Crippen LogP contribution < -0.4 is 20.4 Å². The van der Waals surface area contributed by atoms with Gasteiger partial charge in [-0.05, 0) is 55.0 Å². The first-order valence-corrected chi connectivity index (χ1v) is 11.6. The highest BCUT2D eigenvalue weighted by Crippen LogP contribution is 2.20. The zero-order valence-electron chi connectivity index (χ0n) is 19.5. The molecule has 2 saturated heterocycles. The molecule has 2 aromatic rings. The Balaban J connectivity index is 1.31. The molecule has 0 radical (unpaired) electrons. The maximum atomic E-state index is 12.8. The van der Waals surface area contributed by atoms with Crippen molar-refractivity contribution in [2.45, 2.75) is 25.8 Å². The zero-order chi connectivity index (χ0) is 24.8. The predicted molar refractivity (Wildman–Crippen MR) is 129 cm³/mol. The molecule has 2 fully saturated rings. The van der Waals surface area contributed by atoms with Crippen LogP contribution in [0.1, 0.15) is 40.5 Å². The van der Waals surface area contributed by atoms with E-state index in [2.05, 4.69) is 10.6 Å². The van der Waals surface area contributed by atoms with E-state index in [1.807, 2.05) is 6.92 Å². The Kier molecular flexibility index (Phi) is 7.49. The van der Waals surface area contributed by atoms with Gasteiger partial charge in [-0.15, -0.1) is 0 Å². The Bertz CT molecular complexity index is 1090. The van der Waals surface area contributed by atoms with Gasteiger partial charge in [0.25, 0.3) is 11.8 Å². The van der Waals surface area contributed by atoms with Gasteiger partial charge in [0.1, 0.15) is 13.2 Å². The molecule has 0 aromatic heterocycles. The molecule has 0 saturated carbocycles. The van der Waals surface area contributed by atoms with Gasteiger partial charge in [0.05, 0.1) is 13.1 Å². The smallest absolute Gasteiger partial charge is 0.414 e. The highest BCUT2D eigenvalue weighted by Gasteiger charge is 2.25. The summed E-state index contributed by atoms with van der Waals surface area (Å²) in [7, 11) is 0. The highest BCUT2D eigenvalue weighted by molar-refractivity contribution is 5.97. The fourth-order valence-electron chi connectivity index (χ4n) is 4.00. The molecule has 2 N–H and O–H groups in total. The Morgan fingerprint density at radius 2 is 1.31 bits per heavy atom. The monoisotopic (exact) mass is 480 g/mol. The Morgan fingerprint density at radius 1 is 0.829 bits per heavy atom. The van der Waals surface area contributed by atoms with Crippen molar-refractivity contribution >= 4 is 35.4 Å². The van der Waals surface area contributed by atoms with E-state index in [1.165, 1.54) is 9.80 Å². The lowest BCUT2D eigenvalue weighted by Gasteiger charge is -2.19. The van der Waals surface area contributed by atoms with E-state index in [4.69, 9.17) is 9.47 Å². The lowest BCUT2D eigenvalue weighted by molar-refractivity contribution is 0.0906. The number of nitrogens with one attached hydrogen (secondary N) is 2. The normalized spacial score (nSPS) is 16.0. The first-order chi connectivity index (χ1) is 17.0. The van der Waals surface area contributed by atoms with Gasteiger partial charge in [0.2, 0.25) is 0 Å². The third-order valence-electron chi connectivity index (χ3n) is 5.89. The molecule has 1 atom stereocenters. The molecule has 2 aromatic carbocycles. The Labute approximate surface area is 203 Å². The summed E-state index contributed by atoms with van der Waals surface area (Å²) in [6.07, 6.45) is 0.736. The quantitative estimate of drug-likeness (QED) is 0.570. The molecule has 2 aliphatic heterocycles.